The molecule has 0 aliphatic heterocycles. The van der Waals surface area contributed by atoms with E-state index >= 15 is 0 Å². The Morgan fingerprint density at radius 2 is 1.30 bits per heavy atom. The Morgan fingerprint density at radius 3 is 1.79 bits per heavy atom. The number of nitrogens with one attached hydrogen (secondary N) is 3. The van der Waals surface area contributed by atoms with Crippen molar-refractivity contribution in [1.82, 2.24) is 21.0 Å². The highest BCUT2D eigenvalue weighted by molar-refractivity contribution is 5.92. The van der Waals surface area contributed by atoms with Crippen molar-refractivity contribution in [2.24, 2.45) is 0 Å². The molecule has 14 nitrogen and oxygen atoms in total. The summed E-state index contributed by atoms with van der Waals surface area (Å²) in [5.74, 6) is -3.98. The lowest BCUT2D eigenvalue weighted by atomic mass is 9.98. The number of hydrogen-bond acceptors (Lipinski definition) is 10. The van der Waals surface area contributed by atoms with E-state index in [2.05, 4.69) is 16.0 Å². The van der Waals surface area contributed by atoms with Gasteiger partial charge in [0.25, 0.3) is 5.91 Å². The summed E-state index contributed by atoms with van der Waals surface area (Å²) < 4.78 is 10.3. The molecule has 53 heavy (non-hydrogen) atoms. The molecule has 0 unspecified atom stereocenters. The number of carbonyl (C=O) groups excluding carboxylic acids is 4. The number of carboxylic acid groups (broad SMARTS) is 1. The van der Waals surface area contributed by atoms with Crippen LogP contribution < -0.4 is 16.0 Å². The predicted octanol–water partition coefficient (Wildman–Crippen LogP) is 3.39. The van der Waals surface area contributed by atoms with Gasteiger partial charge in [-0.3, -0.25) is 24.9 Å². The van der Waals surface area contributed by atoms with Crippen LogP contribution in [0.5, 0.6) is 0 Å². The largest absolute Gasteiger partial charge is 0.481 e. The highest BCUT2D eigenvalue weighted by Crippen LogP contribution is 2.18. The third kappa shape index (κ3) is 14.7. The van der Waals surface area contributed by atoms with Crippen molar-refractivity contribution < 1.29 is 48.9 Å². The lowest BCUT2D eigenvalue weighted by molar-refractivity contribution is -0.183. The van der Waals surface area contributed by atoms with E-state index in [0.29, 0.717) is 16.7 Å². The summed E-state index contributed by atoms with van der Waals surface area (Å²) in [4.78, 5) is 64.7. The van der Waals surface area contributed by atoms with Gasteiger partial charge in [-0.2, -0.15) is 0 Å². The molecule has 14 heteroatoms. The molecule has 0 aliphatic rings. The van der Waals surface area contributed by atoms with Crippen LogP contribution in [0.3, 0.4) is 0 Å². The smallest absolute Gasteiger partial charge is 0.409 e. The Kier molecular flexibility index (Phi) is 15.9. The molecular weight excluding hydrogens is 684 g/mol. The second-order valence-electron chi connectivity index (χ2n) is 13.7. The van der Waals surface area contributed by atoms with E-state index in [4.69, 9.17) is 9.47 Å². The Hall–Kier alpha value is -5.31. The van der Waals surface area contributed by atoms with Crippen LogP contribution in [-0.4, -0.2) is 93.4 Å². The Morgan fingerprint density at radius 1 is 0.792 bits per heavy atom. The zero-order valence-electron chi connectivity index (χ0n) is 30.5. The van der Waals surface area contributed by atoms with Gasteiger partial charge in [0.1, 0.15) is 23.4 Å². The molecule has 0 spiro atoms. The van der Waals surface area contributed by atoms with Crippen LogP contribution in [0.25, 0.3) is 0 Å². The molecule has 0 saturated carbocycles. The van der Waals surface area contributed by atoms with Crippen molar-refractivity contribution in [3.8, 4) is 0 Å². The second-order valence-corrected chi connectivity index (χ2v) is 13.7. The van der Waals surface area contributed by atoms with Gasteiger partial charge in [0.2, 0.25) is 5.91 Å². The fraction of sp³-hybridized carbons (Fsp3) is 0.410. The predicted molar refractivity (Wildman–Crippen MR) is 194 cm³/mol. The number of methoxy groups -OCH3 is 1. The summed E-state index contributed by atoms with van der Waals surface area (Å²) in [5, 5.41) is 40.7. The number of carboxylic acids is 1. The van der Waals surface area contributed by atoms with E-state index in [1.165, 1.54) is 0 Å². The van der Waals surface area contributed by atoms with Gasteiger partial charge >= 0.3 is 18.0 Å². The average molecular weight is 735 g/mol. The van der Waals surface area contributed by atoms with E-state index in [0.717, 1.165) is 7.11 Å². The second kappa shape index (κ2) is 20.1. The summed E-state index contributed by atoms with van der Waals surface area (Å²) in [7, 11) is 1.15. The molecule has 0 aromatic heterocycles. The number of alkyl carbamates (subject to hydrolysis) is 1. The highest BCUT2D eigenvalue weighted by atomic mass is 16.6. The van der Waals surface area contributed by atoms with Crippen molar-refractivity contribution in [3.05, 3.63) is 108 Å². The zero-order valence-corrected chi connectivity index (χ0v) is 30.5. The molecule has 3 aromatic carbocycles. The number of amides is 3. The lowest BCUT2D eigenvalue weighted by Crippen LogP contribution is -2.57. The molecule has 0 radical (unpaired) electrons. The molecule has 0 aliphatic carbocycles. The first-order chi connectivity index (χ1) is 25.1. The van der Waals surface area contributed by atoms with Crippen LogP contribution in [0.15, 0.2) is 91.0 Å². The van der Waals surface area contributed by atoms with Gasteiger partial charge in [0.05, 0.1) is 13.2 Å². The summed E-state index contributed by atoms with van der Waals surface area (Å²) in [6.45, 7) is 5.00. The van der Waals surface area contributed by atoms with Crippen LogP contribution in [0, 0.1) is 0 Å². The van der Waals surface area contributed by atoms with E-state index < -0.39 is 72.1 Å². The van der Waals surface area contributed by atoms with Gasteiger partial charge in [-0.15, -0.1) is 0 Å². The van der Waals surface area contributed by atoms with Crippen molar-refractivity contribution in [1.29, 1.82) is 0 Å². The van der Waals surface area contributed by atoms with Crippen LogP contribution in [-0.2, 0) is 47.9 Å². The zero-order chi connectivity index (χ0) is 39.0. The van der Waals surface area contributed by atoms with Gasteiger partial charge in [-0.25, -0.2) is 14.7 Å². The number of carbonyl (C=O) groups is 5. The minimum absolute atomic E-state index is 0.0000372. The average Bonchev–Trinajstić information content (AvgIpc) is 3.10. The van der Waals surface area contributed by atoms with E-state index in [1.54, 1.807) is 106 Å². The maximum atomic E-state index is 14.0. The minimum atomic E-state index is -1.83. The molecule has 3 rings (SSSR count). The van der Waals surface area contributed by atoms with E-state index in [9.17, 15) is 39.4 Å². The highest BCUT2D eigenvalue weighted by Gasteiger charge is 2.37. The third-order valence-corrected chi connectivity index (χ3v) is 8.12. The summed E-state index contributed by atoms with van der Waals surface area (Å²) in [5.41, 5.74) is -0.563. The first kappa shape index (κ1) is 42.1. The van der Waals surface area contributed by atoms with Gasteiger partial charge < -0.3 is 30.3 Å². The third-order valence-electron chi connectivity index (χ3n) is 8.12. The molecule has 0 fully saturated rings. The van der Waals surface area contributed by atoms with Gasteiger partial charge in [-0.1, -0.05) is 91.0 Å². The Balaban J connectivity index is 1.86. The number of aliphatic hydroxyl groups is 1. The van der Waals surface area contributed by atoms with Gasteiger partial charge in [0, 0.05) is 32.2 Å². The molecule has 286 valence electrons. The monoisotopic (exact) mass is 734 g/mol. The number of esters is 1. The van der Waals surface area contributed by atoms with Crippen LogP contribution in [0.1, 0.15) is 56.7 Å². The summed E-state index contributed by atoms with van der Waals surface area (Å²) in [6, 6.07) is 22.5. The minimum Gasteiger partial charge on any atom is -0.481 e. The molecule has 0 bridgehead atoms. The molecule has 6 N–H and O–H groups in total. The molecule has 0 saturated heterocycles. The number of hydroxylamine groups is 2. The van der Waals surface area contributed by atoms with Gasteiger partial charge in [0.15, 0.2) is 0 Å². The van der Waals surface area contributed by atoms with E-state index in [-0.39, 0.29) is 37.3 Å². The fourth-order valence-corrected chi connectivity index (χ4v) is 5.56. The first-order valence-corrected chi connectivity index (χ1v) is 17.3. The summed E-state index contributed by atoms with van der Waals surface area (Å²) >= 11 is 0. The number of benzene rings is 3. The lowest BCUT2D eigenvalue weighted by Gasteiger charge is -2.33. The molecule has 3 amide bonds. The van der Waals surface area contributed by atoms with Crippen LogP contribution >= 0.6 is 0 Å². The van der Waals surface area contributed by atoms with Crippen molar-refractivity contribution >= 4 is 29.8 Å². The SMILES string of the molecule is COC(=O)[C@H](Cc1ccccc1)NC(=O)[C@H](CCC(=O)O)N(O)C(=O)[C@H](Cc1ccccc1)NCC[C@@](O)(Cc1ccccc1)NC(=O)OC(C)(C)C. The molecule has 4 atom stereocenters. The number of hydrogen-bond donors (Lipinski definition) is 6. The standard InChI is InChI=1S/C39H50N4O10/c1-38(2,3)53-37(49)42-39(50,26-29-18-12-7-13-19-29)22-23-40-30(24-27-14-8-5-9-15-27)35(47)43(51)32(20-21-33(44)45)34(46)41-31(36(48)52-4)25-28-16-10-6-11-17-28/h5-19,30-32,40,50-51H,20-26H2,1-4H3,(H,41,46)(H,42,49)(H,44,45)/t30-,31-,32-,39+/m0/s1. The van der Waals surface area contributed by atoms with E-state index in [1.807, 2.05) is 6.07 Å². The van der Waals surface area contributed by atoms with Crippen molar-refractivity contribution in [2.45, 2.75) is 88.7 Å². The van der Waals surface area contributed by atoms with Crippen LogP contribution in [0.2, 0.25) is 0 Å². The van der Waals surface area contributed by atoms with Crippen LogP contribution in [0.4, 0.5) is 4.79 Å². The quantitative estimate of drug-likeness (QED) is 0.0456. The Labute approximate surface area is 309 Å². The van der Waals surface area contributed by atoms with Crippen molar-refractivity contribution in [2.75, 3.05) is 13.7 Å². The maximum absolute atomic E-state index is 14.0. The topological polar surface area (TPSA) is 204 Å². The summed E-state index contributed by atoms with van der Waals surface area (Å²) in [6.07, 6.45) is -1.96. The molecule has 3 aromatic rings. The van der Waals surface area contributed by atoms with Gasteiger partial charge in [-0.05, 0) is 50.3 Å². The maximum Gasteiger partial charge on any atom is 0.409 e. The number of ether oxygens (including phenoxy) is 2. The Bertz CT molecular complexity index is 1640. The fourth-order valence-electron chi connectivity index (χ4n) is 5.56. The first-order valence-electron chi connectivity index (χ1n) is 17.3. The van der Waals surface area contributed by atoms with Crippen molar-refractivity contribution in [3.63, 3.8) is 0 Å². The number of rotatable bonds is 19. The normalized spacial score (nSPS) is 14.1. The molecular formula is C39H50N4O10. The number of nitrogens with zero attached hydrogens (tertiary/aromatic N) is 1. The molecule has 0 heterocycles. The number of aliphatic carboxylic acids is 1.